The molecule has 1 aliphatic heterocycles. The van der Waals surface area contributed by atoms with Gasteiger partial charge in [0.1, 0.15) is 11.5 Å². The molecule has 2 heterocycles. The van der Waals surface area contributed by atoms with E-state index in [2.05, 4.69) is 9.88 Å². The van der Waals surface area contributed by atoms with Crippen LogP contribution in [-0.4, -0.2) is 35.1 Å². The number of aliphatic hydroxyl groups excluding tert-OH is 1. The van der Waals surface area contributed by atoms with Crippen molar-refractivity contribution in [2.24, 2.45) is 17.6 Å². The average Bonchev–Trinajstić information content (AvgIpc) is 2.92. The van der Waals surface area contributed by atoms with Crippen LogP contribution < -0.4 is 10.6 Å². The van der Waals surface area contributed by atoms with Crippen molar-refractivity contribution in [2.45, 2.75) is 18.9 Å². The van der Waals surface area contributed by atoms with Gasteiger partial charge in [-0.1, -0.05) is 0 Å². The Morgan fingerprint density at radius 1 is 1.44 bits per heavy atom. The molecule has 3 atom stereocenters. The predicted octanol–water partition coefficient (Wildman–Crippen LogP) is 0.573. The fourth-order valence-electron chi connectivity index (χ4n) is 3.29. The van der Waals surface area contributed by atoms with Crippen molar-refractivity contribution in [3.63, 3.8) is 0 Å². The van der Waals surface area contributed by atoms with Gasteiger partial charge in [0.2, 0.25) is 0 Å². The summed E-state index contributed by atoms with van der Waals surface area (Å²) in [4.78, 5) is 6.39. The van der Waals surface area contributed by atoms with Crippen LogP contribution in [0.4, 0.5) is 5.69 Å². The fraction of sp³-hybridized carbons (Fsp3) is 0.538. The number of nitrogen functional groups attached to an aromatic ring is 1. The number of amidine groups is 1. The number of aromatic nitrogens is 1. The minimum atomic E-state index is -0.169. The topological polar surface area (TPSA) is 86.2 Å². The Balaban J connectivity index is 1.87. The van der Waals surface area contributed by atoms with E-state index in [0.29, 0.717) is 17.5 Å². The number of nitrogens with one attached hydrogen (secondary N) is 1. The highest BCUT2D eigenvalue weighted by Gasteiger charge is 2.42. The van der Waals surface area contributed by atoms with E-state index in [-0.39, 0.29) is 11.9 Å². The van der Waals surface area contributed by atoms with E-state index < -0.39 is 0 Å². The van der Waals surface area contributed by atoms with E-state index in [1.54, 1.807) is 6.20 Å². The highest BCUT2D eigenvalue weighted by atomic mass is 16.3. The van der Waals surface area contributed by atoms with Crippen LogP contribution in [0.2, 0.25) is 0 Å². The van der Waals surface area contributed by atoms with Gasteiger partial charge in [0.05, 0.1) is 11.8 Å². The molecule has 1 saturated heterocycles. The van der Waals surface area contributed by atoms with Gasteiger partial charge in [-0.05, 0) is 30.9 Å². The van der Waals surface area contributed by atoms with E-state index in [1.165, 1.54) is 0 Å². The maximum atomic E-state index is 9.93. The summed E-state index contributed by atoms with van der Waals surface area (Å²) < 4.78 is 0. The van der Waals surface area contributed by atoms with Gasteiger partial charge in [-0.15, -0.1) is 0 Å². The third kappa shape index (κ3) is 1.75. The standard InChI is InChI=1S/C13H18N4O/c14-13(15)12-10(2-1-5-16-12)17-6-8-3-4-11(18)9(8)7-17/h1-2,5,8-9,11,18H,3-4,6-7H2,(H3,14,15). The first-order valence-electron chi connectivity index (χ1n) is 6.39. The first kappa shape index (κ1) is 11.5. The minimum Gasteiger partial charge on any atom is -0.393 e. The van der Waals surface area contributed by atoms with Crippen molar-refractivity contribution in [1.82, 2.24) is 4.98 Å². The quantitative estimate of drug-likeness (QED) is 0.526. The van der Waals surface area contributed by atoms with Crippen molar-refractivity contribution >= 4 is 11.5 Å². The zero-order valence-electron chi connectivity index (χ0n) is 10.2. The molecule has 0 amide bonds. The summed E-state index contributed by atoms with van der Waals surface area (Å²) >= 11 is 0. The molecule has 3 unspecified atom stereocenters. The van der Waals surface area contributed by atoms with E-state index in [0.717, 1.165) is 31.6 Å². The number of pyridine rings is 1. The molecule has 0 spiro atoms. The maximum Gasteiger partial charge on any atom is 0.143 e. The molecule has 1 saturated carbocycles. The second kappa shape index (κ2) is 4.24. The number of rotatable bonds is 2. The van der Waals surface area contributed by atoms with Crippen LogP contribution >= 0.6 is 0 Å². The normalized spacial score (nSPS) is 30.5. The van der Waals surface area contributed by atoms with Crippen LogP contribution in [0, 0.1) is 17.2 Å². The average molecular weight is 246 g/mol. The van der Waals surface area contributed by atoms with Gasteiger partial charge in [0, 0.05) is 25.2 Å². The molecule has 0 bridgehead atoms. The fourth-order valence-corrected chi connectivity index (χ4v) is 3.29. The van der Waals surface area contributed by atoms with Crippen LogP contribution in [0.15, 0.2) is 18.3 Å². The van der Waals surface area contributed by atoms with Crippen LogP contribution in [0.25, 0.3) is 0 Å². The summed E-state index contributed by atoms with van der Waals surface area (Å²) in [5, 5.41) is 17.5. The van der Waals surface area contributed by atoms with Crippen LogP contribution in [-0.2, 0) is 0 Å². The van der Waals surface area contributed by atoms with Gasteiger partial charge in [-0.25, -0.2) is 0 Å². The second-order valence-electron chi connectivity index (χ2n) is 5.26. The van der Waals surface area contributed by atoms with E-state index >= 15 is 0 Å². The summed E-state index contributed by atoms with van der Waals surface area (Å²) in [5.74, 6) is 0.938. The molecule has 3 rings (SSSR count). The second-order valence-corrected chi connectivity index (χ2v) is 5.26. The summed E-state index contributed by atoms with van der Waals surface area (Å²) in [6.07, 6.45) is 3.51. The molecule has 4 N–H and O–H groups in total. The molecule has 5 heteroatoms. The first-order valence-corrected chi connectivity index (χ1v) is 6.39. The summed E-state index contributed by atoms with van der Waals surface area (Å²) in [7, 11) is 0. The van der Waals surface area contributed by atoms with E-state index in [4.69, 9.17) is 11.1 Å². The molecule has 1 aromatic heterocycles. The van der Waals surface area contributed by atoms with Crippen molar-refractivity contribution < 1.29 is 5.11 Å². The Labute approximate surface area is 106 Å². The predicted molar refractivity (Wildman–Crippen MR) is 69.7 cm³/mol. The van der Waals surface area contributed by atoms with Crippen LogP contribution in [0.3, 0.4) is 0 Å². The molecule has 2 fully saturated rings. The Morgan fingerprint density at radius 3 is 3.00 bits per heavy atom. The molecular formula is C13H18N4O. The van der Waals surface area contributed by atoms with Crippen LogP contribution in [0.1, 0.15) is 18.5 Å². The lowest BCUT2D eigenvalue weighted by atomic mass is 10.00. The molecule has 0 radical (unpaired) electrons. The largest absolute Gasteiger partial charge is 0.393 e. The SMILES string of the molecule is N=C(N)c1ncccc1N1CC2CCC(O)C2C1. The first-order chi connectivity index (χ1) is 8.66. The molecule has 1 aliphatic carbocycles. The Kier molecular flexibility index (Phi) is 2.70. The number of fused-ring (bicyclic) bond motifs is 1. The highest BCUT2D eigenvalue weighted by Crippen LogP contribution is 2.40. The number of nitrogens with zero attached hydrogens (tertiary/aromatic N) is 2. The number of hydrogen-bond donors (Lipinski definition) is 3. The molecule has 18 heavy (non-hydrogen) atoms. The molecule has 0 aromatic carbocycles. The lowest BCUT2D eigenvalue weighted by Crippen LogP contribution is -2.27. The smallest absolute Gasteiger partial charge is 0.143 e. The number of aliphatic hydroxyl groups is 1. The van der Waals surface area contributed by atoms with Crippen LogP contribution in [0.5, 0.6) is 0 Å². The van der Waals surface area contributed by atoms with Gasteiger partial charge in [0.15, 0.2) is 0 Å². The van der Waals surface area contributed by atoms with Crippen molar-refractivity contribution in [1.29, 1.82) is 5.41 Å². The van der Waals surface area contributed by atoms with Gasteiger partial charge < -0.3 is 15.7 Å². The molecule has 5 nitrogen and oxygen atoms in total. The molecule has 96 valence electrons. The highest BCUT2D eigenvalue weighted by molar-refractivity contribution is 5.98. The molecule has 2 aliphatic rings. The van der Waals surface area contributed by atoms with Crippen molar-refractivity contribution in [2.75, 3.05) is 18.0 Å². The maximum absolute atomic E-state index is 9.93. The Hall–Kier alpha value is -1.62. The lowest BCUT2D eigenvalue weighted by Gasteiger charge is -2.22. The third-order valence-electron chi connectivity index (χ3n) is 4.20. The Bertz CT molecular complexity index is 476. The lowest BCUT2D eigenvalue weighted by molar-refractivity contribution is 0.133. The summed E-state index contributed by atoms with van der Waals surface area (Å²) in [5.41, 5.74) is 7.04. The molecular weight excluding hydrogens is 228 g/mol. The van der Waals surface area contributed by atoms with Crippen molar-refractivity contribution in [3.05, 3.63) is 24.0 Å². The third-order valence-corrected chi connectivity index (χ3v) is 4.20. The number of hydrogen-bond acceptors (Lipinski definition) is 4. The number of anilines is 1. The zero-order valence-corrected chi connectivity index (χ0v) is 10.2. The van der Waals surface area contributed by atoms with E-state index in [1.807, 2.05) is 12.1 Å². The monoisotopic (exact) mass is 246 g/mol. The Morgan fingerprint density at radius 2 is 2.28 bits per heavy atom. The zero-order chi connectivity index (χ0) is 12.7. The molecule has 1 aromatic rings. The van der Waals surface area contributed by atoms with Gasteiger partial charge in [0.25, 0.3) is 0 Å². The minimum absolute atomic E-state index is 0.00297. The summed E-state index contributed by atoms with van der Waals surface area (Å²) in [6, 6.07) is 3.82. The van der Waals surface area contributed by atoms with Gasteiger partial charge in [-0.3, -0.25) is 10.4 Å². The van der Waals surface area contributed by atoms with E-state index in [9.17, 15) is 5.11 Å². The van der Waals surface area contributed by atoms with Gasteiger partial charge >= 0.3 is 0 Å². The van der Waals surface area contributed by atoms with Crippen molar-refractivity contribution in [3.8, 4) is 0 Å². The number of nitrogens with two attached hydrogens (primary N) is 1. The summed E-state index contributed by atoms with van der Waals surface area (Å²) in [6.45, 7) is 1.78. The van der Waals surface area contributed by atoms with Gasteiger partial charge in [-0.2, -0.15) is 0 Å².